The van der Waals surface area contributed by atoms with Gasteiger partial charge in [0.15, 0.2) is 14.1 Å². The van der Waals surface area contributed by atoms with Crippen LogP contribution in [0.15, 0.2) is 0 Å². The number of carbonyl (C=O) groups is 2. The van der Waals surface area contributed by atoms with E-state index in [9.17, 15) is 9.59 Å². The highest BCUT2D eigenvalue weighted by atomic mass is 28.4. The maximum Gasteiger partial charge on any atom is 0.185 e. The van der Waals surface area contributed by atoms with Gasteiger partial charge in [-0.3, -0.25) is 9.59 Å². The van der Waals surface area contributed by atoms with Crippen molar-refractivity contribution < 1.29 is 14.0 Å². The molecule has 0 aromatic heterocycles. The molecule has 2 unspecified atom stereocenters. The SMILES string of the molecule is C[C@@]12CCC(=O)CC13CCC2(O[Si](C)(C)C)C3=O. The van der Waals surface area contributed by atoms with Crippen molar-refractivity contribution in [2.75, 3.05) is 0 Å². The molecular weight excluding hydrogens is 244 g/mol. The molecule has 18 heavy (non-hydrogen) atoms. The van der Waals surface area contributed by atoms with Gasteiger partial charge >= 0.3 is 0 Å². The number of ketones is 2. The zero-order valence-electron chi connectivity index (χ0n) is 11.8. The largest absolute Gasteiger partial charge is 0.404 e. The topological polar surface area (TPSA) is 43.4 Å². The van der Waals surface area contributed by atoms with E-state index in [1.165, 1.54) is 0 Å². The molecule has 0 N–H and O–H groups in total. The molecule has 1 spiro atoms. The molecule has 4 heteroatoms. The number of carbonyl (C=O) groups excluding carboxylic acids is 2. The lowest BCUT2D eigenvalue weighted by Gasteiger charge is -2.64. The molecular formula is C14H22O3Si. The first-order chi connectivity index (χ1) is 8.17. The fourth-order valence-corrected chi connectivity index (χ4v) is 6.20. The molecule has 0 radical (unpaired) electrons. The summed E-state index contributed by atoms with van der Waals surface area (Å²) in [7, 11) is -1.75. The van der Waals surface area contributed by atoms with Crippen molar-refractivity contribution in [1.29, 1.82) is 0 Å². The van der Waals surface area contributed by atoms with E-state index < -0.39 is 13.9 Å². The second kappa shape index (κ2) is 3.15. The lowest BCUT2D eigenvalue weighted by molar-refractivity contribution is -0.207. The number of fused-ring (bicyclic) bond motifs is 1. The first kappa shape index (κ1) is 12.5. The van der Waals surface area contributed by atoms with E-state index in [4.69, 9.17) is 4.43 Å². The fraction of sp³-hybridized carbons (Fsp3) is 0.857. The minimum absolute atomic E-state index is 0.0781. The molecule has 0 amide bonds. The Kier molecular flexibility index (Phi) is 2.20. The van der Waals surface area contributed by atoms with Crippen LogP contribution >= 0.6 is 0 Å². The number of rotatable bonds is 2. The summed E-state index contributed by atoms with van der Waals surface area (Å²) in [5.41, 5.74) is -0.981. The van der Waals surface area contributed by atoms with Crippen LogP contribution in [0.1, 0.15) is 39.0 Å². The lowest BCUT2D eigenvalue weighted by Crippen LogP contribution is -2.75. The Morgan fingerprint density at radius 3 is 2.39 bits per heavy atom. The van der Waals surface area contributed by atoms with Gasteiger partial charge in [-0.05, 0) is 38.9 Å². The molecule has 0 saturated heterocycles. The Morgan fingerprint density at radius 2 is 1.78 bits per heavy atom. The molecule has 3 nitrogen and oxygen atoms in total. The van der Waals surface area contributed by atoms with Gasteiger partial charge in [0, 0.05) is 23.7 Å². The Hall–Kier alpha value is -0.483. The van der Waals surface area contributed by atoms with E-state index in [1.807, 2.05) is 0 Å². The van der Waals surface area contributed by atoms with Crippen LogP contribution in [0.2, 0.25) is 19.6 Å². The third-order valence-electron chi connectivity index (χ3n) is 5.54. The van der Waals surface area contributed by atoms with Crippen molar-refractivity contribution in [3.05, 3.63) is 0 Å². The molecule has 4 saturated carbocycles. The summed E-state index contributed by atoms with van der Waals surface area (Å²) in [6.45, 7) is 8.62. The number of hydrogen-bond donors (Lipinski definition) is 0. The summed E-state index contributed by atoms with van der Waals surface area (Å²) in [5.74, 6) is 0.511. The summed E-state index contributed by atoms with van der Waals surface area (Å²) in [4.78, 5) is 24.4. The summed E-state index contributed by atoms with van der Waals surface area (Å²) < 4.78 is 6.34. The summed E-state index contributed by atoms with van der Waals surface area (Å²) in [6.07, 6.45) is 3.63. The number of Topliss-reactive ketones (excluding diaryl/α,β-unsaturated/α-hetero) is 2. The second-order valence-corrected chi connectivity index (χ2v) is 11.9. The normalized spacial score (nSPS) is 46.9. The molecule has 3 atom stereocenters. The summed E-state index contributed by atoms with van der Waals surface area (Å²) >= 11 is 0. The van der Waals surface area contributed by atoms with E-state index in [0.29, 0.717) is 12.8 Å². The highest BCUT2D eigenvalue weighted by Gasteiger charge is 2.84. The van der Waals surface area contributed by atoms with E-state index >= 15 is 0 Å². The Labute approximate surface area is 109 Å². The van der Waals surface area contributed by atoms with Crippen molar-refractivity contribution in [1.82, 2.24) is 0 Å². The van der Waals surface area contributed by atoms with Gasteiger partial charge in [0.05, 0.1) is 0 Å². The van der Waals surface area contributed by atoms with Gasteiger partial charge in [0.2, 0.25) is 0 Å². The van der Waals surface area contributed by atoms with E-state index in [2.05, 4.69) is 26.6 Å². The minimum Gasteiger partial charge on any atom is -0.404 e. The quantitative estimate of drug-likeness (QED) is 0.722. The van der Waals surface area contributed by atoms with Gasteiger partial charge < -0.3 is 4.43 Å². The van der Waals surface area contributed by atoms with Crippen LogP contribution < -0.4 is 0 Å². The van der Waals surface area contributed by atoms with E-state index in [1.54, 1.807) is 0 Å². The van der Waals surface area contributed by atoms with Crippen molar-refractivity contribution in [2.45, 2.75) is 64.3 Å². The first-order valence-corrected chi connectivity index (χ1v) is 10.3. The molecule has 0 aliphatic heterocycles. The number of hydrogen-bond acceptors (Lipinski definition) is 3. The molecule has 100 valence electrons. The lowest BCUT2D eigenvalue weighted by atomic mass is 9.41. The van der Waals surface area contributed by atoms with Gasteiger partial charge in [-0.15, -0.1) is 0 Å². The zero-order chi connectivity index (χ0) is 13.4. The highest BCUT2D eigenvalue weighted by molar-refractivity contribution is 6.70. The highest BCUT2D eigenvalue weighted by Crippen LogP contribution is 2.76. The van der Waals surface area contributed by atoms with Crippen LogP contribution in [0.3, 0.4) is 0 Å². The first-order valence-electron chi connectivity index (χ1n) is 6.94. The second-order valence-electron chi connectivity index (χ2n) is 7.50. The molecule has 0 aromatic rings. The van der Waals surface area contributed by atoms with Crippen LogP contribution in [0, 0.1) is 10.8 Å². The predicted molar refractivity (Wildman–Crippen MR) is 70.8 cm³/mol. The van der Waals surface area contributed by atoms with Crippen molar-refractivity contribution >= 4 is 19.9 Å². The molecule has 4 aliphatic carbocycles. The molecule has 0 heterocycles. The Morgan fingerprint density at radius 1 is 1.11 bits per heavy atom. The van der Waals surface area contributed by atoms with Gasteiger partial charge in [-0.1, -0.05) is 6.92 Å². The van der Waals surface area contributed by atoms with Gasteiger partial charge in [0.25, 0.3) is 0 Å². The van der Waals surface area contributed by atoms with Crippen molar-refractivity contribution in [3.63, 3.8) is 0 Å². The van der Waals surface area contributed by atoms with Crippen LogP contribution in [0.4, 0.5) is 0 Å². The Bertz CT molecular complexity index is 452. The molecule has 4 aliphatic rings. The maximum atomic E-state index is 12.7. The van der Waals surface area contributed by atoms with Crippen molar-refractivity contribution in [2.24, 2.45) is 10.8 Å². The van der Waals surface area contributed by atoms with Crippen LogP contribution in [-0.2, 0) is 14.0 Å². The van der Waals surface area contributed by atoms with Gasteiger partial charge in [-0.25, -0.2) is 0 Å². The molecule has 0 aromatic carbocycles. The zero-order valence-corrected chi connectivity index (χ0v) is 12.8. The van der Waals surface area contributed by atoms with Crippen LogP contribution in [-0.4, -0.2) is 25.5 Å². The van der Waals surface area contributed by atoms with Crippen LogP contribution in [0.25, 0.3) is 0 Å². The van der Waals surface area contributed by atoms with Gasteiger partial charge in [-0.2, -0.15) is 0 Å². The summed E-state index contributed by atoms with van der Waals surface area (Å²) in [5, 5.41) is 0. The van der Waals surface area contributed by atoms with Crippen LogP contribution in [0.5, 0.6) is 0 Å². The molecule has 2 bridgehead atoms. The third kappa shape index (κ3) is 1.14. The fourth-order valence-electron chi connectivity index (χ4n) is 4.73. The monoisotopic (exact) mass is 266 g/mol. The summed E-state index contributed by atoms with van der Waals surface area (Å²) in [6, 6.07) is 0. The standard InChI is InChI=1S/C14H22O3Si/c1-12-6-5-10(15)9-13(12)7-8-14(12,11(13)16)17-18(2,3)4/h5-9H2,1-4H3/t12-,13?,14?/m1/s1. The predicted octanol–water partition coefficient (Wildman–Crippen LogP) is 2.70. The average molecular weight is 266 g/mol. The smallest absolute Gasteiger partial charge is 0.185 e. The maximum absolute atomic E-state index is 12.7. The average Bonchev–Trinajstić information content (AvgIpc) is 2.64. The molecule has 4 rings (SSSR count). The molecule has 4 fully saturated rings. The third-order valence-corrected chi connectivity index (χ3v) is 6.50. The van der Waals surface area contributed by atoms with Crippen molar-refractivity contribution in [3.8, 4) is 0 Å². The minimum atomic E-state index is -1.75. The van der Waals surface area contributed by atoms with E-state index in [0.717, 1.165) is 19.3 Å². The van der Waals surface area contributed by atoms with E-state index in [-0.39, 0.29) is 22.4 Å². The Balaban J connectivity index is 2.01. The van der Waals surface area contributed by atoms with Gasteiger partial charge in [0.1, 0.15) is 11.4 Å².